The minimum absolute atomic E-state index is 0.917. The van der Waals surface area contributed by atoms with E-state index in [2.05, 4.69) is 15.1 Å². The van der Waals surface area contributed by atoms with E-state index in [1.807, 2.05) is 26.2 Å². The molecule has 0 aliphatic carbocycles. The van der Waals surface area contributed by atoms with Gasteiger partial charge in [-0.3, -0.25) is 4.68 Å². The van der Waals surface area contributed by atoms with Gasteiger partial charge in [-0.25, -0.2) is 9.97 Å². The zero-order valence-corrected chi connectivity index (χ0v) is 7.60. The molecule has 0 aliphatic heterocycles. The fourth-order valence-corrected chi connectivity index (χ4v) is 1.17. The van der Waals surface area contributed by atoms with Crippen LogP contribution in [0.4, 0.5) is 0 Å². The van der Waals surface area contributed by atoms with Gasteiger partial charge < -0.3 is 0 Å². The van der Waals surface area contributed by atoms with Gasteiger partial charge in [0.25, 0.3) is 0 Å². The topological polar surface area (TPSA) is 43.6 Å². The Bertz CT molecular complexity index is 419. The van der Waals surface area contributed by atoms with Crippen LogP contribution in [0.1, 0.15) is 5.69 Å². The summed E-state index contributed by atoms with van der Waals surface area (Å²) in [4.78, 5) is 8.19. The summed E-state index contributed by atoms with van der Waals surface area (Å²) in [6.45, 7) is 1.95. The first kappa shape index (κ1) is 7.91. The summed E-state index contributed by atoms with van der Waals surface area (Å²) >= 11 is 0. The van der Waals surface area contributed by atoms with Crippen molar-refractivity contribution in [2.45, 2.75) is 6.92 Å². The van der Waals surface area contributed by atoms with E-state index in [1.165, 1.54) is 0 Å². The number of rotatable bonds is 1. The molecule has 4 nitrogen and oxygen atoms in total. The van der Waals surface area contributed by atoms with Gasteiger partial charge in [0.05, 0.1) is 11.9 Å². The Hall–Kier alpha value is -1.71. The molecule has 2 aromatic heterocycles. The monoisotopic (exact) mass is 174 g/mol. The van der Waals surface area contributed by atoms with Crippen molar-refractivity contribution in [2.75, 3.05) is 0 Å². The fraction of sp³-hybridized carbons (Fsp3) is 0.222. The Morgan fingerprint density at radius 2 is 2.15 bits per heavy atom. The lowest BCUT2D eigenvalue weighted by Crippen LogP contribution is -1.87. The summed E-state index contributed by atoms with van der Waals surface area (Å²) in [6.07, 6.45) is 5.29. The first-order valence-corrected chi connectivity index (χ1v) is 4.03. The second kappa shape index (κ2) is 2.97. The highest BCUT2D eigenvalue weighted by Gasteiger charge is 2.01. The number of aryl methyl sites for hydroxylation is 2. The zero-order valence-electron chi connectivity index (χ0n) is 7.60. The van der Waals surface area contributed by atoms with Gasteiger partial charge in [-0.05, 0) is 13.0 Å². The summed E-state index contributed by atoms with van der Waals surface area (Å²) in [7, 11) is 1.89. The van der Waals surface area contributed by atoms with Gasteiger partial charge in [0.15, 0.2) is 0 Å². The van der Waals surface area contributed by atoms with Crippen molar-refractivity contribution in [1.82, 2.24) is 19.7 Å². The van der Waals surface area contributed by atoms with Crippen molar-refractivity contribution in [3.63, 3.8) is 0 Å². The number of hydrogen-bond donors (Lipinski definition) is 0. The summed E-state index contributed by atoms with van der Waals surface area (Å²) in [5.74, 6) is 0. The van der Waals surface area contributed by atoms with Gasteiger partial charge >= 0.3 is 0 Å². The Balaban J connectivity index is 2.46. The average Bonchev–Trinajstić information content (AvgIpc) is 2.52. The van der Waals surface area contributed by atoms with Gasteiger partial charge in [-0.15, -0.1) is 0 Å². The molecule has 0 unspecified atom stereocenters. The maximum absolute atomic E-state index is 4.16. The quantitative estimate of drug-likeness (QED) is 0.652. The Labute approximate surface area is 76.3 Å². The molecule has 0 aliphatic rings. The van der Waals surface area contributed by atoms with E-state index in [-0.39, 0.29) is 0 Å². The Morgan fingerprint density at radius 1 is 1.31 bits per heavy atom. The molecule has 0 spiro atoms. The van der Waals surface area contributed by atoms with Crippen LogP contribution in [0.5, 0.6) is 0 Å². The lowest BCUT2D eigenvalue weighted by molar-refractivity contribution is 0.768. The van der Waals surface area contributed by atoms with Gasteiger partial charge in [0.2, 0.25) is 0 Å². The molecule has 0 atom stereocenters. The molecule has 0 bridgehead atoms. The van der Waals surface area contributed by atoms with Crippen molar-refractivity contribution >= 4 is 0 Å². The maximum Gasteiger partial charge on any atom is 0.116 e. The van der Waals surface area contributed by atoms with Crippen molar-refractivity contribution in [3.8, 4) is 11.3 Å². The van der Waals surface area contributed by atoms with Crippen LogP contribution >= 0.6 is 0 Å². The van der Waals surface area contributed by atoms with Crippen LogP contribution < -0.4 is 0 Å². The van der Waals surface area contributed by atoms with Crippen molar-refractivity contribution in [2.24, 2.45) is 7.05 Å². The second-order valence-electron chi connectivity index (χ2n) is 2.95. The standard InChI is InChI=1S/C9H10N4/c1-7-3-9(11-6-10-7)8-4-12-13(2)5-8/h3-6H,1-2H3. The molecule has 0 amide bonds. The van der Waals surface area contributed by atoms with Crippen molar-refractivity contribution in [1.29, 1.82) is 0 Å². The van der Waals surface area contributed by atoms with Crippen LogP contribution in [0.3, 0.4) is 0 Å². The molecule has 4 heteroatoms. The molecule has 2 aromatic rings. The van der Waals surface area contributed by atoms with E-state index in [9.17, 15) is 0 Å². The summed E-state index contributed by atoms with van der Waals surface area (Å²) in [6, 6.07) is 1.94. The normalized spacial score (nSPS) is 10.3. The summed E-state index contributed by atoms with van der Waals surface area (Å²) in [5.41, 5.74) is 2.91. The summed E-state index contributed by atoms with van der Waals surface area (Å²) < 4.78 is 1.76. The van der Waals surface area contributed by atoms with Gasteiger partial charge in [-0.1, -0.05) is 0 Å². The van der Waals surface area contributed by atoms with Crippen molar-refractivity contribution < 1.29 is 0 Å². The minimum Gasteiger partial charge on any atom is -0.275 e. The number of nitrogens with zero attached hydrogens (tertiary/aromatic N) is 4. The molecular formula is C9H10N4. The molecule has 0 radical (unpaired) electrons. The van der Waals surface area contributed by atoms with Crippen LogP contribution in [0.25, 0.3) is 11.3 Å². The third kappa shape index (κ3) is 1.56. The van der Waals surface area contributed by atoms with E-state index in [0.717, 1.165) is 17.0 Å². The van der Waals surface area contributed by atoms with Crippen LogP contribution in [0.15, 0.2) is 24.8 Å². The van der Waals surface area contributed by atoms with Crippen LogP contribution in [0.2, 0.25) is 0 Å². The van der Waals surface area contributed by atoms with E-state index >= 15 is 0 Å². The molecular weight excluding hydrogens is 164 g/mol. The predicted molar refractivity (Wildman–Crippen MR) is 49.0 cm³/mol. The van der Waals surface area contributed by atoms with E-state index in [1.54, 1.807) is 17.2 Å². The fourth-order valence-electron chi connectivity index (χ4n) is 1.17. The average molecular weight is 174 g/mol. The highest BCUT2D eigenvalue weighted by molar-refractivity contribution is 5.56. The number of hydrogen-bond acceptors (Lipinski definition) is 3. The maximum atomic E-state index is 4.16. The molecule has 2 rings (SSSR count). The molecule has 0 saturated heterocycles. The zero-order chi connectivity index (χ0) is 9.26. The van der Waals surface area contributed by atoms with Crippen LogP contribution in [0, 0.1) is 6.92 Å². The largest absolute Gasteiger partial charge is 0.275 e. The minimum atomic E-state index is 0.917. The SMILES string of the molecule is Cc1cc(-c2cnn(C)c2)ncn1. The Morgan fingerprint density at radius 3 is 2.77 bits per heavy atom. The first-order chi connectivity index (χ1) is 6.25. The van der Waals surface area contributed by atoms with Crippen LogP contribution in [-0.2, 0) is 7.05 Å². The van der Waals surface area contributed by atoms with Gasteiger partial charge in [-0.2, -0.15) is 5.10 Å². The second-order valence-corrected chi connectivity index (χ2v) is 2.95. The Kier molecular flexibility index (Phi) is 1.81. The molecule has 2 heterocycles. The highest BCUT2D eigenvalue weighted by Crippen LogP contribution is 2.14. The van der Waals surface area contributed by atoms with Gasteiger partial charge in [0, 0.05) is 24.5 Å². The van der Waals surface area contributed by atoms with E-state index < -0.39 is 0 Å². The molecule has 66 valence electrons. The lowest BCUT2D eigenvalue weighted by atomic mass is 10.2. The smallest absolute Gasteiger partial charge is 0.116 e. The molecule has 0 N–H and O–H groups in total. The molecule has 0 saturated carbocycles. The third-order valence-corrected chi connectivity index (χ3v) is 1.80. The third-order valence-electron chi connectivity index (χ3n) is 1.80. The lowest BCUT2D eigenvalue weighted by Gasteiger charge is -1.95. The predicted octanol–water partition coefficient (Wildman–Crippen LogP) is 1.19. The highest BCUT2D eigenvalue weighted by atomic mass is 15.2. The van der Waals surface area contributed by atoms with Crippen molar-refractivity contribution in [3.05, 3.63) is 30.5 Å². The number of aromatic nitrogens is 4. The first-order valence-electron chi connectivity index (χ1n) is 4.03. The van der Waals surface area contributed by atoms with E-state index in [4.69, 9.17) is 0 Å². The van der Waals surface area contributed by atoms with E-state index in [0.29, 0.717) is 0 Å². The molecule has 13 heavy (non-hydrogen) atoms. The van der Waals surface area contributed by atoms with Gasteiger partial charge in [0.1, 0.15) is 6.33 Å². The molecule has 0 aromatic carbocycles. The van der Waals surface area contributed by atoms with Crippen LogP contribution in [-0.4, -0.2) is 19.7 Å². The molecule has 0 fully saturated rings. The summed E-state index contributed by atoms with van der Waals surface area (Å²) in [5, 5.41) is 4.08.